The monoisotopic (exact) mass is 431 g/mol. The largest absolute Gasteiger partial charge is 0.457 e. The Hall–Kier alpha value is -1.92. The summed E-state index contributed by atoms with van der Waals surface area (Å²) in [6.07, 6.45) is 1.89. The molecule has 0 atom stereocenters. The maximum Gasteiger partial charge on any atom is 0.318 e. The molecule has 4 rings (SSSR count). The van der Waals surface area contributed by atoms with Gasteiger partial charge in [0, 0.05) is 20.1 Å². The van der Waals surface area contributed by atoms with Crippen molar-refractivity contribution in [3.63, 3.8) is 0 Å². The summed E-state index contributed by atoms with van der Waals surface area (Å²) in [6.45, 7) is 0.415. The van der Waals surface area contributed by atoms with Crippen LogP contribution in [0.4, 0.5) is 0 Å². The van der Waals surface area contributed by atoms with Gasteiger partial charge in [0.2, 0.25) is 0 Å². The molecule has 1 aromatic heterocycles. The van der Waals surface area contributed by atoms with E-state index in [1.807, 2.05) is 54.7 Å². The summed E-state index contributed by atoms with van der Waals surface area (Å²) in [4.78, 5) is 4.50. The summed E-state index contributed by atoms with van der Waals surface area (Å²) in [6, 6.07) is 16.5. The summed E-state index contributed by atoms with van der Waals surface area (Å²) < 4.78 is 9.52. The predicted molar refractivity (Wildman–Crippen MR) is 96.9 cm³/mol. The second-order valence-electron chi connectivity index (χ2n) is 5.10. The van der Waals surface area contributed by atoms with Crippen LogP contribution in [0.2, 0.25) is 0 Å². The molecule has 0 fully saturated rings. The molecule has 2 aromatic carbocycles. The van der Waals surface area contributed by atoms with E-state index in [9.17, 15) is 0 Å². The van der Waals surface area contributed by atoms with Crippen molar-refractivity contribution in [2.24, 2.45) is 5.10 Å². The Bertz CT molecular complexity index is 883. The highest BCUT2D eigenvalue weighted by Gasteiger charge is 2.18. The number of benzene rings is 2. The molecule has 4 nitrogen and oxygen atoms in total. The van der Waals surface area contributed by atoms with Crippen LogP contribution in [0.15, 0.2) is 68.8 Å². The topological polar surface area (TPSA) is 39.4 Å². The lowest BCUT2D eigenvalue weighted by Gasteiger charge is -2.14. The molecule has 0 N–H and O–H groups in total. The van der Waals surface area contributed by atoms with Crippen LogP contribution >= 0.6 is 31.9 Å². The number of nitrogens with zero attached hydrogens (tertiary/aromatic N) is 3. The average Bonchev–Trinajstić information content (AvgIpc) is 2.99. The van der Waals surface area contributed by atoms with Gasteiger partial charge in [-0.3, -0.25) is 0 Å². The van der Waals surface area contributed by atoms with Gasteiger partial charge in [-0.1, -0.05) is 56.1 Å². The molecule has 3 aromatic rings. The van der Waals surface area contributed by atoms with E-state index < -0.39 is 0 Å². The van der Waals surface area contributed by atoms with Gasteiger partial charge in [-0.15, -0.1) is 0 Å². The van der Waals surface area contributed by atoms with Gasteiger partial charge in [0.1, 0.15) is 12.3 Å². The number of imidazole rings is 1. The number of hydrogen-bond donors (Lipinski definition) is 0. The standard InChI is InChI=1S/C17H11Br2N3O/c18-13-5-1-11(2-6-13)15-9-22-17(20-15)23-10-16(21-22)12-3-7-14(19)8-4-12/h1-9H,10H2. The zero-order valence-corrected chi connectivity index (χ0v) is 15.1. The number of fused-ring (bicyclic) bond motifs is 1. The van der Waals surface area contributed by atoms with Gasteiger partial charge in [-0.25, -0.2) is 0 Å². The molecule has 0 aliphatic carbocycles. The van der Waals surface area contributed by atoms with Crippen molar-refractivity contribution in [2.45, 2.75) is 0 Å². The van der Waals surface area contributed by atoms with Crippen LogP contribution in [0.5, 0.6) is 6.01 Å². The molecule has 0 amide bonds. The SMILES string of the molecule is Brc1ccc(C2=Nn3cc(-c4ccc(Br)cc4)nc3OC2)cc1. The molecule has 2 heterocycles. The Labute approximate surface area is 150 Å². The second-order valence-corrected chi connectivity index (χ2v) is 6.93. The predicted octanol–water partition coefficient (Wildman–Crippen LogP) is 4.72. The molecule has 23 heavy (non-hydrogen) atoms. The number of halogens is 2. The normalized spacial score (nSPS) is 13.2. The van der Waals surface area contributed by atoms with Crippen LogP contribution in [0.3, 0.4) is 0 Å². The van der Waals surface area contributed by atoms with Crippen molar-refractivity contribution >= 4 is 37.6 Å². The van der Waals surface area contributed by atoms with Gasteiger partial charge in [0.05, 0.1) is 11.9 Å². The van der Waals surface area contributed by atoms with Crippen molar-refractivity contribution in [2.75, 3.05) is 6.61 Å². The zero-order valence-electron chi connectivity index (χ0n) is 11.9. The fraction of sp³-hybridized carbons (Fsp3) is 0.0588. The fourth-order valence-corrected chi connectivity index (χ4v) is 2.89. The highest BCUT2D eigenvalue weighted by Crippen LogP contribution is 2.26. The van der Waals surface area contributed by atoms with Crippen molar-refractivity contribution in [1.29, 1.82) is 0 Å². The molecule has 0 radical (unpaired) electrons. The van der Waals surface area contributed by atoms with E-state index >= 15 is 0 Å². The number of ether oxygens (including phenoxy) is 1. The molecule has 1 aliphatic rings. The Balaban J connectivity index is 1.69. The van der Waals surface area contributed by atoms with Crippen LogP contribution in [0, 0.1) is 0 Å². The zero-order chi connectivity index (χ0) is 15.8. The Morgan fingerprint density at radius 3 is 2.13 bits per heavy atom. The smallest absolute Gasteiger partial charge is 0.318 e. The van der Waals surface area contributed by atoms with Crippen molar-refractivity contribution in [3.05, 3.63) is 69.2 Å². The molecule has 6 heteroatoms. The highest BCUT2D eigenvalue weighted by atomic mass is 79.9. The maximum atomic E-state index is 5.75. The summed E-state index contributed by atoms with van der Waals surface area (Å²) >= 11 is 6.88. The molecule has 114 valence electrons. The van der Waals surface area contributed by atoms with Gasteiger partial charge in [-0.2, -0.15) is 14.8 Å². The minimum Gasteiger partial charge on any atom is -0.457 e. The first-order chi connectivity index (χ1) is 11.2. The number of aromatic nitrogens is 2. The molecule has 0 unspecified atom stereocenters. The van der Waals surface area contributed by atoms with E-state index in [0.717, 1.165) is 31.5 Å². The third-order valence-electron chi connectivity index (χ3n) is 3.54. The minimum atomic E-state index is 0.415. The van der Waals surface area contributed by atoms with Gasteiger partial charge in [-0.05, 0) is 24.3 Å². The second kappa shape index (κ2) is 5.94. The van der Waals surface area contributed by atoms with E-state index in [1.165, 1.54) is 0 Å². The molecule has 0 saturated heterocycles. The molecular weight excluding hydrogens is 422 g/mol. The minimum absolute atomic E-state index is 0.415. The lowest BCUT2D eigenvalue weighted by molar-refractivity contribution is 0.319. The van der Waals surface area contributed by atoms with E-state index in [2.05, 4.69) is 41.9 Å². The van der Waals surface area contributed by atoms with Gasteiger partial charge in [0.25, 0.3) is 0 Å². The number of hydrogen-bond acceptors (Lipinski definition) is 3. The summed E-state index contributed by atoms with van der Waals surface area (Å²) in [5.74, 6) is 0. The van der Waals surface area contributed by atoms with Crippen LogP contribution in [0.25, 0.3) is 11.3 Å². The van der Waals surface area contributed by atoms with E-state index in [0.29, 0.717) is 12.6 Å². The lowest BCUT2D eigenvalue weighted by atomic mass is 10.1. The first kappa shape index (κ1) is 14.7. The first-order valence-corrected chi connectivity index (χ1v) is 8.59. The van der Waals surface area contributed by atoms with Crippen molar-refractivity contribution < 1.29 is 4.74 Å². The molecule has 0 bridgehead atoms. The Morgan fingerprint density at radius 2 is 1.48 bits per heavy atom. The summed E-state index contributed by atoms with van der Waals surface area (Å²) in [5, 5.41) is 4.63. The number of rotatable bonds is 2. The Kier molecular flexibility index (Phi) is 3.79. The Morgan fingerprint density at radius 1 is 0.870 bits per heavy atom. The third kappa shape index (κ3) is 2.96. The highest BCUT2D eigenvalue weighted by molar-refractivity contribution is 9.10. The van der Waals surface area contributed by atoms with Gasteiger partial charge >= 0.3 is 6.01 Å². The molecular formula is C17H11Br2N3O. The van der Waals surface area contributed by atoms with E-state index in [1.54, 1.807) is 4.68 Å². The summed E-state index contributed by atoms with van der Waals surface area (Å²) in [7, 11) is 0. The van der Waals surface area contributed by atoms with Crippen molar-refractivity contribution in [1.82, 2.24) is 9.66 Å². The quantitative estimate of drug-likeness (QED) is 0.587. The molecule has 0 spiro atoms. The first-order valence-electron chi connectivity index (χ1n) is 7.01. The van der Waals surface area contributed by atoms with Crippen LogP contribution < -0.4 is 4.74 Å². The van der Waals surface area contributed by atoms with E-state index in [-0.39, 0.29) is 0 Å². The summed E-state index contributed by atoms with van der Waals surface area (Å²) in [5.41, 5.74) is 3.79. The van der Waals surface area contributed by atoms with Crippen LogP contribution in [0.1, 0.15) is 5.56 Å². The lowest BCUT2D eigenvalue weighted by Crippen LogP contribution is -2.20. The molecule has 0 saturated carbocycles. The van der Waals surface area contributed by atoms with Gasteiger partial charge < -0.3 is 4.74 Å². The van der Waals surface area contributed by atoms with Gasteiger partial charge in [0.15, 0.2) is 0 Å². The maximum absolute atomic E-state index is 5.75. The average molecular weight is 433 g/mol. The van der Waals surface area contributed by atoms with Crippen LogP contribution in [-0.2, 0) is 0 Å². The van der Waals surface area contributed by atoms with E-state index in [4.69, 9.17) is 4.74 Å². The molecule has 1 aliphatic heterocycles. The fourth-order valence-electron chi connectivity index (χ4n) is 2.36. The van der Waals surface area contributed by atoms with Crippen LogP contribution in [-0.4, -0.2) is 22.0 Å². The third-order valence-corrected chi connectivity index (χ3v) is 4.60. The van der Waals surface area contributed by atoms with Crippen molar-refractivity contribution in [3.8, 4) is 17.3 Å².